The first-order valence-corrected chi connectivity index (χ1v) is 4.82. The summed E-state index contributed by atoms with van der Waals surface area (Å²) in [6.45, 7) is 0. The van der Waals surface area contributed by atoms with Gasteiger partial charge in [0.15, 0.2) is 11.5 Å². The first kappa shape index (κ1) is 11.0. The van der Waals surface area contributed by atoms with E-state index in [4.69, 9.17) is 19.3 Å². The Balaban J connectivity index is 3.28. The summed E-state index contributed by atoms with van der Waals surface area (Å²) in [6.07, 6.45) is 0. The van der Waals surface area contributed by atoms with E-state index in [1.54, 1.807) is 27.4 Å². The van der Waals surface area contributed by atoms with Crippen molar-refractivity contribution >= 4 is 11.9 Å². The summed E-state index contributed by atoms with van der Waals surface area (Å²) in [6, 6.07) is 3.61. The van der Waals surface area contributed by atoms with E-state index in [2.05, 4.69) is 0 Å². The lowest BCUT2D eigenvalue weighted by Crippen LogP contribution is -1.97. The van der Waals surface area contributed by atoms with Gasteiger partial charge in [0.05, 0.1) is 26.2 Å². The summed E-state index contributed by atoms with van der Waals surface area (Å²) in [5.41, 5.74) is 0. The van der Waals surface area contributed by atoms with Gasteiger partial charge in [-0.3, -0.25) is 5.14 Å². The number of rotatable bonds is 4. The van der Waals surface area contributed by atoms with E-state index in [1.807, 2.05) is 6.07 Å². The van der Waals surface area contributed by atoms with Crippen molar-refractivity contribution in [3.05, 3.63) is 12.1 Å². The highest BCUT2D eigenvalue weighted by atomic mass is 32.2. The number of hydrogen-bond donors (Lipinski definition) is 1. The highest BCUT2D eigenvalue weighted by Gasteiger charge is 2.14. The molecule has 0 unspecified atom stereocenters. The summed E-state index contributed by atoms with van der Waals surface area (Å²) >= 11 is 1.11. The van der Waals surface area contributed by atoms with Crippen LogP contribution in [-0.4, -0.2) is 21.3 Å². The number of nitrogens with two attached hydrogens (primary N) is 1. The maximum atomic E-state index is 5.48. The van der Waals surface area contributed by atoms with Gasteiger partial charge in [-0.2, -0.15) is 0 Å². The van der Waals surface area contributed by atoms with E-state index >= 15 is 0 Å². The Morgan fingerprint density at radius 1 is 1.00 bits per heavy atom. The number of benzene rings is 1. The molecule has 0 aromatic heterocycles. The fraction of sp³-hybridized carbons (Fsp3) is 0.333. The lowest BCUT2D eigenvalue weighted by atomic mass is 10.3. The molecule has 1 rings (SSSR count). The molecule has 0 radical (unpaired) electrons. The molecular formula is C9H13NO3S. The number of ether oxygens (including phenoxy) is 3. The van der Waals surface area contributed by atoms with Crippen molar-refractivity contribution in [3.8, 4) is 17.2 Å². The molecular weight excluding hydrogens is 202 g/mol. The summed E-state index contributed by atoms with van der Waals surface area (Å²) in [7, 11) is 4.70. The van der Waals surface area contributed by atoms with E-state index in [9.17, 15) is 0 Å². The highest BCUT2D eigenvalue weighted by molar-refractivity contribution is 7.97. The Labute approximate surface area is 87.5 Å². The van der Waals surface area contributed by atoms with Crippen molar-refractivity contribution in [3.63, 3.8) is 0 Å². The fourth-order valence-corrected chi connectivity index (χ4v) is 1.60. The Morgan fingerprint density at radius 2 is 1.64 bits per heavy atom. The fourth-order valence-electron chi connectivity index (χ4n) is 1.17. The summed E-state index contributed by atoms with van der Waals surface area (Å²) < 4.78 is 15.5. The average Bonchev–Trinajstić information content (AvgIpc) is 2.26. The zero-order chi connectivity index (χ0) is 10.6. The van der Waals surface area contributed by atoms with Crippen LogP contribution in [0.3, 0.4) is 0 Å². The Morgan fingerprint density at radius 3 is 2.07 bits per heavy atom. The van der Waals surface area contributed by atoms with Crippen LogP contribution >= 0.6 is 11.9 Å². The molecule has 14 heavy (non-hydrogen) atoms. The van der Waals surface area contributed by atoms with Crippen LogP contribution in [0.25, 0.3) is 0 Å². The monoisotopic (exact) mass is 215 g/mol. The predicted molar refractivity (Wildman–Crippen MR) is 56.1 cm³/mol. The van der Waals surface area contributed by atoms with Crippen molar-refractivity contribution in [2.45, 2.75) is 4.90 Å². The van der Waals surface area contributed by atoms with Gasteiger partial charge >= 0.3 is 0 Å². The maximum Gasteiger partial charge on any atom is 0.204 e. The van der Waals surface area contributed by atoms with Gasteiger partial charge in [0.25, 0.3) is 0 Å². The van der Waals surface area contributed by atoms with Crippen LogP contribution in [0.5, 0.6) is 17.2 Å². The molecule has 0 saturated heterocycles. The lowest BCUT2D eigenvalue weighted by molar-refractivity contribution is 0.319. The zero-order valence-corrected chi connectivity index (χ0v) is 9.18. The highest BCUT2D eigenvalue weighted by Crippen LogP contribution is 2.42. The van der Waals surface area contributed by atoms with Gasteiger partial charge in [-0.05, 0) is 24.1 Å². The van der Waals surface area contributed by atoms with Crippen LogP contribution in [0.4, 0.5) is 0 Å². The van der Waals surface area contributed by atoms with Gasteiger partial charge in [-0.15, -0.1) is 0 Å². The molecule has 0 amide bonds. The molecule has 0 aliphatic carbocycles. The zero-order valence-electron chi connectivity index (χ0n) is 8.37. The average molecular weight is 215 g/mol. The Hall–Kier alpha value is -1.07. The van der Waals surface area contributed by atoms with E-state index in [0.29, 0.717) is 17.2 Å². The molecule has 0 heterocycles. The van der Waals surface area contributed by atoms with E-state index in [-0.39, 0.29) is 0 Å². The van der Waals surface area contributed by atoms with E-state index in [0.717, 1.165) is 16.8 Å². The second-order valence-corrected chi connectivity index (χ2v) is 3.13. The van der Waals surface area contributed by atoms with Crippen molar-refractivity contribution in [1.82, 2.24) is 0 Å². The van der Waals surface area contributed by atoms with Crippen LogP contribution in [-0.2, 0) is 0 Å². The van der Waals surface area contributed by atoms with Crippen LogP contribution in [0.15, 0.2) is 17.0 Å². The van der Waals surface area contributed by atoms with Crippen LogP contribution in [0.2, 0.25) is 0 Å². The second-order valence-electron chi connectivity index (χ2n) is 2.45. The standard InChI is InChI=1S/C9H13NO3S/c1-11-6-4-5-7(14-10)9(13-3)8(6)12-2/h4-5H,10H2,1-3H3. The third kappa shape index (κ3) is 1.88. The molecule has 2 N–H and O–H groups in total. The lowest BCUT2D eigenvalue weighted by Gasteiger charge is -2.13. The summed E-state index contributed by atoms with van der Waals surface area (Å²) in [5.74, 6) is 1.78. The quantitative estimate of drug-likeness (QED) is 0.774. The van der Waals surface area contributed by atoms with Gasteiger partial charge in [-0.1, -0.05) is 0 Å². The summed E-state index contributed by atoms with van der Waals surface area (Å²) in [5, 5.41) is 5.48. The molecule has 0 saturated carbocycles. The predicted octanol–water partition coefficient (Wildman–Crippen LogP) is 1.68. The first-order chi connectivity index (χ1) is 6.78. The van der Waals surface area contributed by atoms with Crippen molar-refractivity contribution in [2.24, 2.45) is 5.14 Å². The molecule has 0 aliphatic rings. The Kier molecular flexibility index (Phi) is 3.91. The minimum atomic E-state index is 0.561. The van der Waals surface area contributed by atoms with Crippen LogP contribution < -0.4 is 19.3 Å². The molecule has 0 atom stereocenters. The molecule has 0 spiro atoms. The minimum absolute atomic E-state index is 0.561. The van der Waals surface area contributed by atoms with Crippen LogP contribution in [0, 0.1) is 0 Å². The third-order valence-electron chi connectivity index (χ3n) is 1.80. The van der Waals surface area contributed by atoms with Crippen molar-refractivity contribution in [1.29, 1.82) is 0 Å². The second kappa shape index (κ2) is 4.97. The number of hydrogen-bond acceptors (Lipinski definition) is 5. The van der Waals surface area contributed by atoms with Gasteiger partial charge in [-0.25, -0.2) is 0 Å². The molecule has 78 valence electrons. The molecule has 1 aromatic rings. The van der Waals surface area contributed by atoms with Gasteiger partial charge in [0.1, 0.15) is 0 Å². The molecule has 0 bridgehead atoms. The molecule has 4 nitrogen and oxygen atoms in total. The van der Waals surface area contributed by atoms with Gasteiger partial charge in [0, 0.05) is 0 Å². The Bertz CT molecular complexity index is 286. The van der Waals surface area contributed by atoms with Crippen molar-refractivity contribution in [2.75, 3.05) is 21.3 Å². The SMILES string of the molecule is COc1ccc(SN)c(OC)c1OC. The number of methoxy groups -OCH3 is 3. The van der Waals surface area contributed by atoms with E-state index in [1.165, 1.54) is 0 Å². The smallest absolute Gasteiger partial charge is 0.204 e. The topological polar surface area (TPSA) is 53.7 Å². The minimum Gasteiger partial charge on any atom is -0.493 e. The maximum absolute atomic E-state index is 5.48. The van der Waals surface area contributed by atoms with E-state index < -0.39 is 0 Å². The van der Waals surface area contributed by atoms with Gasteiger partial charge < -0.3 is 14.2 Å². The first-order valence-electron chi connectivity index (χ1n) is 3.94. The largest absolute Gasteiger partial charge is 0.493 e. The van der Waals surface area contributed by atoms with Crippen LogP contribution in [0.1, 0.15) is 0 Å². The van der Waals surface area contributed by atoms with Gasteiger partial charge in [0.2, 0.25) is 5.75 Å². The molecule has 1 aromatic carbocycles. The summed E-state index contributed by atoms with van der Waals surface area (Å²) in [4.78, 5) is 0.810. The third-order valence-corrected chi connectivity index (χ3v) is 2.37. The normalized spacial score (nSPS) is 9.71. The molecule has 5 heteroatoms. The molecule has 0 fully saturated rings. The van der Waals surface area contributed by atoms with Crippen molar-refractivity contribution < 1.29 is 14.2 Å². The molecule has 0 aliphatic heterocycles.